The number of carboxylic acid groups (broad SMARTS) is 1. The van der Waals surface area contributed by atoms with Crippen LogP contribution >= 0.6 is 0 Å². The zero-order valence-corrected chi connectivity index (χ0v) is 26.8. The Morgan fingerprint density at radius 3 is 1.94 bits per heavy atom. The number of carbonyl (C=O) groups is 2. The number of carboxylic acids is 1. The Kier molecular flexibility index (Phi) is 10.4. The summed E-state index contributed by atoms with van der Waals surface area (Å²) in [5.41, 5.74) is 5.31. The Bertz CT molecular complexity index is 1680. The highest BCUT2D eigenvalue weighted by atomic mass is 16.6. The second kappa shape index (κ2) is 14.8. The fourth-order valence-corrected chi connectivity index (χ4v) is 6.25. The molecule has 4 aromatic rings. The third-order valence-electron chi connectivity index (χ3n) is 8.57. The summed E-state index contributed by atoms with van der Waals surface area (Å²) in [6.07, 6.45) is 1.76. The van der Waals surface area contributed by atoms with Crippen molar-refractivity contribution in [3.8, 4) is 11.5 Å². The Balaban J connectivity index is 1.42. The molecule has 5 rings (SSSR count). The first-order valence-corrected chi connectivity index (χ1v) is 15.5. The van der Waals surface area contributed by atoms with E-state index in [-0.39, 0.29) is 19.1 Å². The Morgan fingerprint density at radius 2 is 1.40 bits per heavy atom. The first-order chi connectivity index (χ1) is 22.9. The number of hydrogen-bond donors (Lipinski definition) is 2. The van der Waals surface area contributed by atoms with E-state index in [1.165, 1.54) is 0 Å². The summed E-state index contributed by atoms with van der Waals surface area (Å²) in [7, 11) is 3.18. The molecular weight excluding hydrogens is 594 g/mol. The van der Waals surface area contributed by atoms with Crippen molar-refractivity contribution in [1.29, 1.82) is 0 Å². The molecule has 0 heterocycles. The lowest BCUT2D eigenvalue weighted by Crippen LogP contribution is -2.47. The zero-order chi connectivity index (χ0) is 33.4. The lowest BCUT2D eigenvalue weighted by molar-refractivity contribution is -0.142. The largest absolute Gasteiger partial charge is 0.497 e. The number of methoxy groups -OCH3 is 2. The summed E-state index contributed by atoms with van der Waals surface area (Å²) in [5, 5.41) is 12.7. The lowest BCUT2D eigenvalue weighted by atomic mass is 9.80. The molecular formula is C39H39NO7. The topological polar surface area (TPSA) is 103 Å². The first-order valence-electron chi connectivity index (χ1n) is 15.5. The quantitative estimate of drug-likeness (QED) is 0.140. The van der Waals surface area contributed by atoms with Gasteiger partial charge in [0.25, 0.3) is 0 Å². The molecule has 8 heteroatoms. The van der Waals surface area contributed by atoms with Crippen molar-refractivity contribution in [2.45, 2.75) is 30.9 Å². The second-order valence-corrected chi connectivity index (χ2v) is 11.1. The van der Waals surface area contributed by atoms with E-state index >= 15 is 0 Å². The fraction of sp³-hybridized carbons (Fsp3) is 0.231. The van der Waals surface area contributed by atoms with Crippen molar-refractivity contribution in [3.63, 3.8) is 0 Å². The van der Waals surface area contributed by atoms with Gasteiger partial charge in [0.2, 0.25) is 0 Å². The summed E-state index contributed by atoms with van der Waals surface area (Å²) in [6, 6.07) is 30.9. The van der Waals surface area contributed by atoms with Crippen LogP contribution in [0.1, 0.15) is 47.1 Å². The molecule has 8 nitrogen and oxygen atoms in total. The van der Waals surface area contributed by atoms with E-state index in [2.05, 4.69) is 24.9 Å². The van der Waals surface area contributed by atoms with Gasteiger partial charge < -0.3 is 29.4 Å². The van der Waals surface area contributed by atoms with Crippen LogP contribution in [-0.2, 0) is 19.9 Å². The van der Waals surface area contributed by atoms with E-state index in [0.29, 0.717) is 11.5 Å². The molecule has 1 aliphatic carbocycles. The van der Waals surface area contributed by atoms with Crippen LogP contribution in [-0.4, -0.2) is 50.6 Å². The van der Waals surface area contributed by atoms with Crippen molar-refractivity contribution >= 4 is 17.6 Å². The number of ether oxygens (including phenoxy) is 4. The molecule has 0 saturated carbocycles. The smallest absolute Gasteiger partial charge is 0.407 e. The molecule has 0 aliphatic heterocycles. The zero-order valence-electron chi connectivity index (χ0n) is 26.8. The second-order valence-electron chi connectivity index (χ2n) is 11.1. The van der Waals surface area contributed by atoms with E-state index in [1.807, 2.05) is 97.1 Å². The molecule has 0 spiro atoms. The molecule has 47 heavy (non-hydrogen) atoms. The highest BCUT2D eigenvalue weighted by molar-refractivity contribution is 5.81. The van der Waals surface area contributed by atoms with Gasteiger partial charge in [0, 0.05) is 5.92 Å². The van der Waals surface area contributed by atoms with Crippen LogP contribution in [0.25, 0.3) is 5.57 Å². The minimum absolute atomic E-state index is 0.0343. The average molecular weight is 634 g/mol. The van der Waals surface area contributed by atoms with E-state index in [9.17, 15) is 14.7 Å². The van der Waals surface area contributed by atoms with Gasteiger partial charge in [0.1, 0.15) is 23.7 Å². The fourth-order valence-electron chi connectivity index (χ4n) is 6.25. The van der Waals surface area contributed by atoms with Gasteiger partial charge in [-0.3, -0.25) is 0 Å². The van der Waals surface area contributed by atoms with Crippen LogP contribution < -0.4 is 14.8 Å². The predicted octanol–water partition coefficient (Wildman–Crippen LogP) is 7.34. The number of nitrogens with one attached hydrogen (secondary N) is 1. The number of hydrogen-bond acceptors (Lipinski definition) is 6. The van der Waals surface area contributed by atoms with Gasteiger partial charge in [0.05, 0.1) is 20.8 Å². The van der Waals surface area contributed by atoms with Gasteiger partial charge >= 0.3 is 12.1 Å². The standard InChI is InChI=1S/C39H39NO7/c1-5-31-32(6-2)35(34-15-11-10-14-33(31)34)24-46-38(43)40-36(37(41)42)25-47-39(26-12-8-7-9-13-26,27-16-20-29(44-3)21-17-27)28-18-22-30(45-4)23-19-28/h6-23,35-36H,2,5,24-25H2,1,3-4H3,(H,40,43)(H,41,42). The van der Waals surface area contributed by atoms with Crippen LogP contribution in [0.5, 0.6) is 11.5 Å². The van der Waals surface area contributed by atoms with Crippen LogP contribution in [0.4, 0.5) is 4.79 Å². The normalized spacial score (nSPS) is 14.6. The summed E-state index contributed by atoms with van der Waals surface area (Å²) >= 11 is 0. The van der Waals surface area contributed by atoms with E-state index in [0.717, 1.165) is 45.4 Å². The number of benzene rings is 4. The van der Waals surface area contributed by atoms with E-state index < -0.39 is 23.7 Å². The average Bonchev–Trinajstić information content (AvgIpc) is 3.43. The molecule has 2 N–H and O–H groups in total. The van der Waals surface area contributed by atoms with E-state index in [1.54, 1.807) is 20.3 Å². The van der Waals surface area contributed by atoms with Gasteiger partial charge in [-0.15, -0.1) is 0 Å². The van der Waals surface area contributed by atoms with Crippen LogP contribution in [0, 0.1) is 0 Å². The highest BCUT2D eigenvalue weighted by Gasteiger charge is 2.40. The minimum Gasteiger partial charge on any atom is -0.497 e. The van der Waals surface area contributed by atoms with Crippen molar-refractivity contribution in [1.82, 2.24) is 5.32 Å². The molecule has 0 fully saturated rings. The minimum atomic E-state index is -1.42. The highest BCUT2D eigenvalue weighted by Crippen LogP contribution is 2.44. The maximum absolute atomic E-state index is 13.1. The summed E-state index contributed by atoms with van der Waals surface area (Å²) in [4.78, 5) is 25.7. The Labute approximate surface area is 275 Å². The molecule has 242 valence electrons. The number of amides is 1. The molecule has 0 radical (unpaired) electrons. The Morgan fingerprint density at radius 1 is 0.851 bits per heavy atom. The van der Waals surface area contributed by atoms with Crippen molar-refractivity contribution in [3.05, 3.63) is 149 Å². The van der Waals surface area contributed by atoms with Gasteiger partial charge in [-0.25, -0.2) is 9.59 Å². The Hall–Kier alpha value is -5.34. The van der Waals surface area contributed by atoms with Crippen molar-refractivity contribution in [2.24, 2.45) is 0 Å². The van der Waals surface area contributed by atoms with Crippen molar-refractivity contribution < 1.29 is 33.6 Å². The number of aliphatic carboxylic acids is 1. The van der Waals surface area contributed by atoms with Gasteiger partial charge in [0.15, 0.2) is 6.04 Å². The molecule has 4 aromatic carbocycles. The molecule has 1 amide bonds. The van der Waals surface area contributed by atoms with Crippen LogP contribution in [0.3, 0.4) is 0 Å². The number of rotatable bonds is 14. The monoisotopic (exact) mass is 633 g/mol. The van der Waals surface area contributed by atoms with Gasteiger partial charge in [-0.05, 0) is 69.6 Å². The molecule has 2 atom stereocenters. The van der Waals surface area contributed by atoms with Gasteiger partial charge in [-0.2, -0.15) is 0 Å². The molecule has 0 aromatic heterocycles. The number of fused-ring (bicyclic) bond motifs is 1. The number of allylic oxidation sites excluding steroid dienone is 2. The number of carbonyl (C=O) groups excluding carboxylic acids is 1. The van der Waals surface area contributed by atoms with Crippen LogP contribution in [0.2, 0.25) is 0 Å². The van der Waals surface area contributed by atoms with Crippen LogP contribution in [0.15, 0.2) is 121 Å². The third-order valence-corrected chi connectivity index (χ3v) is 8.57. The molecule has 1 aliphatic rings. The van der Waals surface area contributed by atoms with E-state index in [4.69, 9.17) is 18.9 Å². The van der Waals surface area contributed by atoms with Crippen molar-refractivity contribution in [2.75, 3.05) is 27.4 Å². The maximum Gasteiger partial charge on any atom is 0.407 e. The SMILES string of the molecule is C=CC1=C(CC)c2ccccc2C1COC(=O)NC(COC(c1ccccc1)(c1ccc(OC)cc1)c1ccc(OC)cc1)C(=O)O. The predicted molar refractivity (Wildman–Crippen MR) is 181 cm³/mol. The molecule has 0 saturated heterocycles. The summed E-state index contributed by atoms with van der Waals surface area (Å²) in [5.74, 6) is -0.147. The molecule has 2 unspecified atom stereocenters. The first kappa shape index (κ1) is 33.0. The lowest BCUT2D eigenvalue weighted by Gasteiger charge is -2.37. The third kappa shape index (κ3) is 6.78. The van der Waals surface area contributed by atoms with Gasteiger partial charge in [-0.1, -0.05) is 98.4 Å². The summed E-state index contributed by atoms with van der Waals surface area (Å²) in [6.45, 7) is 5.73. The summed E-state index contributed by atoms with van der Waals surface area (Å²) < 4.78 is 23.1. The molecule has 0 bridgehead atoms. The number of alkyl carbamates (subject to hydrolysis) is 1. The maximum atomic E-state index is 13.1.